The van der Waals surface area contributed by atoms with E-state index in [4.69, 9.17) is 27.9 Å². The summed E-state index contributed by atoms with van der Waals surface area (Å²) in [4.78, 5) is 0. The van der Waals surface area contributed by atoms with Crippen LogP contribution in [0.15, 0.2) is 18.2 Å². The van der Waals surface area contributed by atoms with Crippen molar-refractivity contribution in [2.45, 2.75) is 32.4 Å². The first-order chi connectivity index (χ1) is 7.96. The van der Waals surface area contributed by atoms with Crippen LogP contribution in [0.1, 0.15) is 20.3 Å². The second-order valence-corrected chi connectivity index (χ2v) is 5.87. The molecule has 2 nitrogen and oxygen atoms in total. The average Bonchev–Trinajstić information content (AvgIpc) is 2.26. The van der Waals surface area contributed by atoms with Crippen molar-refractivity contribution in [3.63, 3.8) is 0 Å². The van der Waals surface area contributed by atoms with E-state index in [1.807, 2.05) is 13.1 Å². The highest BCUT2D eigenvalue weighted by Gasteiger charge is 2.49. The van der Waals surface area contributed by atoms with Gasteiger partial charge in [0.15, 0.2) is 5.75 Å². The van der Waals surface area contributed by atoms with Gasteiger partial charge in [-0.2, -0.15) is 0 Å². The monoisotopic (exact) mass is 273 g/mol. The van der Waals surface area contributed by atoms with E-state index in [0.717, 1.165) is 6.42 Å². The van der Waals surface area contributed by atoms with Crippen LogP contribution in [0.25, 0.3) is 0 Å². The fourth-order valence-corrected chi connectivity index (χ4v) is 2.80. The van der Waals surface area contributed by atoms with E-state index in [2.05, 4.69) is 19.2 Å². The number of ether oxygens (including phenoxy) is 1. The Morgan fingerprint density at radius 2 is 1.88 bits per heavy atom. The number of rotatable bonds is 3. The minimum atomic E-state index is 0.0945. The predicted molar refractivity (Wildman–Crippen MR) is 72.1 cm³/mol. The molecule has 0 saturated heterocycles. The molecule has 1 saturated carbocycles. The van der Waals surface area contributed by atoms with Crippen molar-refractivity contribution < 1.29 is 4.74 Å². The van der Waals surface area contributed by atoms with Crippen molar-refractivity contribution in [1.82, 2.24) is 5.32 Å². The van der Waals surface area contributed by atoms with E-state index >= 15 is 0 Å². The highest BCUT2D eigenvalue weighted by molar-refractivity contribution is 6.37. The Bertz CT molecular complexity index is 400. The Morgan fingerprint density at radius 3 is 2.35 bits per heavy atom. The van der Waals surface area contributed by atoms with E-state index in [1.165, 1.54) is 0 Å². The van der Waals surface area contributed by atoms with Gasteiger partial charge in [-0.15, -0.1) is 0 Å². The fourth-order valence-electron chi connectivity index (χ4n) is 2.31. The van der Waals surface area contributed by atoms with Gasteiger partial charge in [0, 0.05) is 17.9 Å². The summed E-state index contributed by atoms with van der Waals surface area (Å²) in [6.07, 6.45) is 1.13. The van der Waals surface area contributed by atoms with E-state index in [1.54, 1.807) is 12.1 Å². The molecule has 0 bridgehead atoms. The molecule has 0 aliphatic heterocycles. The van der Waals surface area contributed by atoms with Crippen LogP contribution in [0.5, 0.6) is 5.75 Å². The third kappa shape index (κ3) is 2.26. The van der Waals surface area contributed by atoms with Crippen LogP contribution >= 0.6 is 23.2 Å². The SMILES string of the molecule is CNC1CC(Oc2c(Cl)cccc2Cl)C1(C)C. The summed E-state index contributed by atoms with van der Waals surface area (Å²) in [5, 5.41) is 4.43. The molecule has 0 radical (unpaired) electrons. The Morgan fingerprint density at radius 1 is 1.29 bits per heavy atom. The average molecular weight is 274 g/mol. The quantitative estimate of drug-likeness (QED) is 0.906. The van der Waals surface area contributed by atoms with Gasteiger partial charge in [0.2, 0.25) is 0 Å². The smallest absolute Gasteiger partial charge is 0.156 e. The zero-order chi connectivity index (χ0) is 12.6. The van der Waals surface area contributed by atoms with Gasteiger partial charge in [-0.3, -0.25) is 0 Å². The number of hydrogen-bond donors (Lipinski definition) is 1. The third-order valence-electron chi connectivity index (χ3n) is 3.71. The lowest BCUT2D eigenvalue weighted by Crippen LogP contribution is -2.61. The number of benzene rings is 1. The molecule has 0 spiro atoms. The highest BCUT2D eigenvalue weighted by Crippen LogP contribution is 2.45. The molecule has 1 aromatic carbocycles. The minimum absolute atomic E-state index is 0.0945. The summed E-state index contributed by atoms with van der Waals surface area (Å²) in [6.45, 7) is 4.38. The summed E-state index contributed by atoms with van der Waals surface area (Å²) in [7, 11) is 1.98. The molecule has 0 amide bonds. The summed E-state index contributed by atoms with van der Waals surface area (Å²) in [5.74, 6) is 0.600. The molecular formula is C13H17Cl2NO. The molecule has 1 aliphatic carbocycles. The van der Waals surface area contributed by atoms with Gasteiger partial charge >= 0.3 is 0 Å². The maximum atomic E-state index is 6.09. The normalized spacial score (nSPS) is 26.4. The first kappa shape index (κ1) is 13.0. The van der Waals surface area contributed by atoms with Crippen molar-refractivity contribution in [2.24, 2.45) is 5.41 Å². The van der Waals surface area contributed by atoms with Crippen molar-refractivity contribution in [2.75, 3.05) is 7.05 Å². The molecule has 94 valence electrons. The van der Waals surface area contributed by atoms with Gasteiger partial charge in [0.05, 0.1) is 10.0 Å². The van der Waals surface area contributed by atoms with E-state index in [9.17, 15) is 0 Å². The second kappa shape index (κ2) is 4.68. The molecule has 0 aromatic heterocycles. The highest BCUT2D eigenvalue weighted by atomic mass is 35.5. The molecular weight excluding hydrogens is 257 g/mol. The molecule has 1 N–H and O–H groups in total. The maximum Gasteiger partial charge on any atom is 0.156 e. The van der Waals surface area contributed by atoms with Crippen LogP contribution in [0.3, 0.4) is 0 Å². The van der Waals surface area contributed by atoms with Crippen molar-refractivity contribution in [1.29, 1.82) is 0 Å². The second-order valence-electron chi connectivity index (χ2n) is 5.06. The van der Waals surface area contributed by atoms with Gasteiger partial charge in [-0.25, -0.2) is 0 Å². The first-order valence-corrected chi connectivity index (χ1v) is 6.50. The minimum Gasteiger partial charge on any atom is -0.487 e. The molecule has 0 heterocycles. The number of halogens is 2. The zero-order valence-corrected chi connectivity index (χ0v) is 11.8. The van der Waals surface area contributed by atoms with Crippen LogP contribution in [-0.4, -0.2) is 19.2 Å². The Balaban J connectivity index is 2.13. The Kier molecular flexibility index (Phi) is 3.58. The van der Waals surface area contributed by atoms with Gasteiger partial charge < -0.3 is 10.1 Å². The van der Waals surface area contributed by atoms with Crippen molar-refractivity contribution in [3.8, 4) is 5.75 Å². The summed E-state index contributed by atoms with van der Waals surface area (Å²) in [5.41, 5.74) is 0.0945. The topological polar surface area (TPSA) is 21.3 Å². The summed E-state index contributed by atoms with van der Waals surface area (Å²) >= 11 is 12.2. The van der Waals surface area contributed by atoms with Gasteiger partial charge in [-0.1, -0.05) is 43.1 Å². The van der Waals surface area contributed by atoms with Crippen LogP contribution in [-0.2, 0) is 0 Å². The number of hydrogen-bond acceptors (Lipinski definition) is 2. The Labute approximate surface area is 112 Å². The standard InChI is InChI=1S/C13H17Cl2NO/c1-13(2)10(16-3)7-11(13)17-12-8(14)5-4-6-9(12)15/h4-6,10-11,16H,7H2,1-3H3. The molecule has 4 heteroatoms. The lowest BCUT2D eigenvalue weighted by molar-refractivity contribution is -0.0519. The predicted octanol–water partition coefficient (Wildman–Crippen LogP) is 3.76. The molecule has 17 heavy (non-hydrogen) atoms. The molecule has 2 rings (SSSR count). The third-order valence-corrected chi connectivity index (χ3v) is 4.30. The van der Waals surface area contributed by atoms with Gasteiger partial charge in [0.25, 0.3) is 0 Å². The van der Waals surface area contributed by atoms with Crippen LogP contribution in [0.4, 0.5) is 0 Å². The molecule has 1 aromatic rings. The zero-order valence-electron chi connectivity index (χ0n) is 10.3. The largest absolute Gasteiger partial charge is 0.487 e. The Hall–Kier alpha value is -0.440. The first-order valence-electron chi connectivity index (χ1n) is 5.74. The molecule has 2 atom stereocenters. The van der Waals surface area contributed by atoms with E-state index < -0.39 is 0 Å². The fraction of sp³-hybridized carbons (Fsp3) is 0.538. The lowest BCUT2D eigenvalue weighted by atomic mass is 9.64. The van der Waals surface area contributed by atoms with Crippen LogP contribution in [0, 0.1) is 5.41 Å². The molecule has 2 unspecified atom stereocenters. The van der Waals surface area contributed by atoms with E-state index in [-0.39, 0.29) is 11.5 Å². The van der Waals surface area contributed by atoms with E-state index in [0.29, 0.717) is 21.8 Å². The number of para-hydroxylation sites is 1. The van der Waals surface area contributed by atoms with Crippen molar-refractivity contribution in [3.05, 3.63) is 28.2 Å². The lowest BCUT2D eigenvalue weighted by Gasteiger charge is -2.51. The molecule has 1 aliphatic rings. The van der Waals surface area contributed by atoms with Crippen LogP contribution in [0.2, 0.25) is 10.0 Å². The maximum absolute atomic E-state index is 6.09. The van der Waals surface area contributed by atoms with Crippen molar-refractivity contribution >= 4 is 23.2 Å². The van der Waals surface area contributed by atoms with Crippen LogP contribution < -0.4 is 10.1 Å². The summed E-state index contributed by atoms with van der Waals surface area (Å²) in [6, 6.07) is 5.89. The van der Waals surface area contributed by atoms with Gasteiger partial charge in [0.1, 0.15) is 6.10 Å². The van der Waals surface area contributed by atoms with Gasteiger partial charge in [-0.05, 0) is 19.2 Å². The number of nitrogens with one attached hydrogen (secondary N) is 1. The molecule has 1 fully saturated rings. The summed E-state index contributed by atoms with van der Waals surface area (Å²) < 4.78 is 5.96.